The van der Waals surface area contributed by atoms with Crippen LogP contribution in [0.1, 0.15) is 23.7 Å². The molecule has 0 heterocycles. The molecule has 1 N–H and O–H groups in total. The van der Waals surface area contributed by atoms with Gasteiger partial charge < -0.3 is 5.32 Å². The number of halogens is 3. The molecule has 6 heteroatoms. The number of hydrogen-bond donors (Lipinski definition) is 2. The van der Waals surface area contributed by atoms with Crippen LogP contribution in [0.25, 0.3) is 0 Å². The number of nitrogens with one attached hydrogen (secondary N) is 1. The van der Waals surface area contributed by atoms with Gasteiger partial charge in [-0.15, -0.1) is 12.6 Å². The van der Waals surface area contributed by atoms with Gasteiger partial charge in [0, 0.05) is 16.5 Å². The molecule has 0 aliphatic rings. The van der Waals surface area contributed by atoms with E-state index < -0.39 is 24.5 Å². The van der Waals surface area contributed by atoms with Gasteiger partial charge in [0.05, 0.1) is 6.42 Å². The molecule has 1 unspecified atom stereocenters. The molecule has 0 saturated carbocycles. The van der Waals surface area contributed by atoms with Gasteiger partial charge in [0.25, 0.3) is 5.91 Å². The molecule has 1 rings (SSSR count). The molecule has 1 amide bonds. The summed E-state index contributed by atoms with van der Waals surface area (Å²) in [6.45, 7) is 1.32. The van der Waals surface area contributed by atoms with Gasteiger partial charge >= 0.3 is 6.18 Å². The first-order valence-corrected chi connectivity index (χ1v) is 5.39. The maximum atomic E-state index is 12.1. The maximum Gasteiger partial charge on any atom is 0.391 e. The van der Waals surface area contributed by atoms with Crippen molar-refractivity contribution >= 4 is 18.5 Å². The van der Waals surface area contributed by atoms with Crippen molar-refractivity contribution in [2.24, 2.45) is 0 Å². The van der Waals surface area contributed by atoms with Crippen molar-refractivity contribution in [3.63, 3.8) is 0 Å². The molecular weight excluding hydrogens is 251 g/mol. The second kappa shape index (κ2) is 5.44. The van der Waals surface area contributed by atoms with E-state index in [-0.39, 0.29) is 0 Å². The fourth-order valence-electron chi connectivity index (χ4n) is 1.32. The summed E-state index contributed by atoms with van der Waals surface area (Å²) >= 11 is 4.05. The van der Waals surface area contributed by atoms with Crippen LogP contribution < -0.4 is 5.32 Å². The van der Waals surface area contributed by atoms with Gasteiger partial charge in [-0.25, -0.2) is 0 Å². The third-order valence-corrected chi connectivity index (χ3v) is 2.34. The molecule has 1 aromatic carbocycles. The minimum absolute atomic E-state index is 0.317. The lowest BCUT2D eigenvalue weighted by atomic mass is 10.2. The fourth-order valence-corrected chi connectivity index (χ4v) is 1.47. The molecule has 0 aromatic heterocycles. The Bertz CT molecular complexity index is 389. The Hall–Kier alpha value is -1.17. The summed E-state index contributed by atoms with van der Waals surface area (Å²) in [4.78, 5) is 12.2. The van der Waals surface area contributed by atoms with Crippen molar-refractivity contribution in [1.29, 1.82) is 0 Å². The molecule has 1 aromatic rings. The molecule has 0 aliphatic carbocycles. The van der Waals surface area contributed by atoms with E-state index in [0.717, 1.165) is 0 Å². The first-order chi connectivity index (χ1) is 7.78. The second-order valence-electron chi connectivity index (χ2n) is 3.74. The summed E-state index contributed by atoms with van der Waals surface area (Å²) in [7, 11) is 0. The lowest BCUT2D eigenvalue weighted by Crippen LogP contribution is -2.35. The smallest absolute Gasteiger partial charge is 0.349 e. The van der Waals surface area contributed by atoms with E-state index in [1.807, 2.05) is 0 Å². The highest BCUT2D eigenvalue weighted by Gasteiger charge is 2.30. The van der Waals surface area contributed by atoms with Crippen LogP contribution in [0.4, 0.5) is 13.2 Å². The Labute approximate surface area is 103 Å². The van der Waals surface area contributed by atoms with Gasteiger partial charge in [0.2, 0.25) is 0 Å². The van der Waals surface area contributed by atoms with E-state index in [4.69, 9.17) is 0 Å². The van der Waals surface area contributed by atoms with Crippen LogP contribution >= 0.6 is 12.6 Å². The van der Waals surface area contributed by atoms with Crippen molar-refractivity contribution in [2.45, 2.75) is 30.5 Å². The van der Waals surface area contributed by atoms with E-state index in [9.17, 15) is 18.0 Å². The number of hydrogen-bond acceptors (Lipinski definition) is 2. The van der Waals surface area contributed by atoms with E-state index in [0.29, 0.717) is 10.5 Å². The molecule has 0 aliphatic heterocycles. The predicted molar refractivity (Wildman–Crippen MR) is 61.3 cm³/mol. The number of alkyl halides is 3. The van der Waals surface area contributed by atoms with Crippen molar-refractivity contribution in [3.05, 3.63) is 29.8 Å². The summed E-state index contributed by atoms with van der Waals surface area (Å²) in [5.74, 6) is -0.518. The molecular formula is C11H12F3NOS. The number of carbonyl (C=O) groups excluding carboxylic acids is 1. The van der Waals surface area contributed by atoms with Gasteiger partial charge in [-0.2, -0.15) is 13.2 Å². The SMILES string of the molecule is CC(CC(F)(F)F)NC(=O)c1ccc(S)cc1. The average Bonchev–Trinajstić information content (AvgIpc) is 2.15. The molecule has 0 fully saturated rings. The molecule has 2 nitrogen and oxygen atoms in total. The van der Waals surface area contributed by atoms with Gasteiger partial charge in [-0.1, -0.05) is 0 Å². The minimum Gasteiger partial charge on any atom is -0.349 e. The average molecular weight is 263 g/mol. The van der Waals surface area contributed by atoms with Crippen LogP contribution in [-0.2, 0) is 0 Å². The standard InChI is InChI=1S/C11H12F3NOS/c1-7(6-11(12,13)14)15-10(16)8-2-4-9(17)5-3-8/h2-5,7,17H,6H2,1H3,(H,15,16). The first-order valence-electron chi connectivity index (χ1n) is 4.94. The predicted octanol–water partition coefficient (Wildman–Crippen LogP) is 3.05. The maximum absolute atomic E-state index is 12.1. The third-order valence-electron chi connectivity index (χ3n) is 2.04. The zero-order chi connectivity index (χ0) is 13.1. The number of rotatable bonds is 3. The van der Waals surface area contributed by atoms with Crippen LogP contribution in [0.3, 0.4) is 0 Å². The Morgan fingerprint density at radius 3 is 2.35 bits per heavy atom. The Balaban J connectivity index is 2.57. The van der Waals surface area contributed by atoms with Crippen LogP contribution in [0.5, 0.6) is 0 Å². The quantitative estimate of drug-likeness (QED) is 0.806. The lowest BCUT2D eigenvalue weighted by Gasteiger charge is -2.15. The normalized spacial score (nSPS) is 13.2. The summed E-state index contributed by atoms with van der Waals surface area (Å²) in [6, 6.07) is 5.28. The zero-order valence-electron chi connectivity index (χ0n) is 9.08. The molecule has 1 atom stereocenters. The van der Waals surface area contributed by atoms with Crippen LogP contribution in [-0.4, -0.2) is 18.1 Å². The van der Waals surface area contributed by atoms with Crippen LogP contribution in [0, 0.1) is 0 Å². The van der Waals surface area contributed by atoms with E-state index in [1.54, 1.807) is 12.1 Å². The molecule has 0 spiro atoms. The molecule has 94 valence electrons. The second-order valence-corrected chi connectivity index (χ2v) is 4.26. The monoisotopic (exact) mass is 263 g/mol. The van der Waals surface area contributed by atoms with Crippen molar-refractivity contribution in [3.8, 4) is 0 Å². The zero-order valence-corrected chi connectivity index (χ0v) is 9.98. The highest BCUT2D eigenvalue weighted by molar-refractivity contribution is 7.80. The summed E-state index contributed by atoms with van der Waals surface area (Å²) in [5, 5.41) is 2.29. The van der Waals surface area contributed by atoms with Gasteiger partial charge in [0.1, 0.15) is 0 Å². The summed E-state index contributed by atoms with van der Waals surface area (Å²) in [5.41, 5.74) is 0.317. The number of carbonyl (C=O) groups is 1. The molecule has 0 bridgehead atoms. The lowest BCUT2D eigenvalue weighted by molar-refractivity contribution is -0.138. The molecule has 17 heavy (non-hydrogen) atoms. The van der Waals surface area contributed by atoms with Gasteiger partial charge in [-0.3, -0.25) is 4.79 Å². The topological polar surface area (TPSA) is 29.1 Å². The van der Waals surface area contributed by atoms with E-state index >= 15 is 0 Å². The Morgan fingerprint density at radius 1 is 1.35 bits per heavy atom. The number of benzene rings is 1. The third kappa shape index (κ3) is 5.12. The number of thiol groups is 1. The largest absolute Gasteiger partial charge is 0.391 e. The van der Waals surface area contributed by atoms with Crippen LogP contribution in [0.2, 0.25) is 0 Å². The summed E-state index contributed by atoms with van der Waals surface area (Å²) < 4.78 is 36.2. The molecule has 0 radical (unpaired) electrons. The van der Waals surface area contributed by atoms with Gasteiger partial charge in [0.15, 0.2) is 0 Å². The van der Waals surface area contributed by atoms with Crippen molar-refractivity contribution in [2.75, 3.05) is 0 Å². The fraction of sp³-hybridized carbons (Fsp3) is 0.364. The minimum atomic E-state index is -4.28. The highest BCUT2D eigenvalue weighted by atomic mass is 32.1. The summed E-state index contributed by atoms with van der Waals surface area (Å²) in [6.07, 6.45) is -5.31. The van der Waals surface area contributed by atoms with Crippen molar-refractivity contribution < 1.29 is 18.0 Å². The van der Waals surface area contributed by atoms with Crippen molar-refractivity contribution in [1.82, 2.24) is 5.32 Å². The van der Waals surface area contributed by atoms with Gasteiger partial charge in [-0.05, 0) is 31.2 Å². The Morgan fingerprint density at radius 2 is 1.88 bits per heavy atom. The Kier molecular flexibility index (Phi) is 4.45. The molecule has 0 saturated heterocycles. The number of amides is 1. The van der Waals surface area contributed by atoms with Crippen LogP contribution in [0.15, 0.2) is 29.2 Å². The highest BCUT2D eigenvalue weighted by Crippen LogP contribution is 2.21. The van der Waals surface area contributed by atoms with E-state index in [2.05, 4.69) is 17.9 Å². The first kappa shape index (κ1) is 13.9. The van der Waals surface area contributed by atoms with E-state index in [1.165, 1.54) is 19.1 Å².